The Morgan fingerprint density at radius 2 is 1.89 bits per heavy atom. The number of halogens is 1. The molecule has 0 aliphatic carbocycles. The number of hydrogen-bond donors (Lipinski definition) is 2. The van der Waals surface area contributed by atoms with E-state index in [1.165, 1.54) is 0 Å². The molecule has 4 aromatic rings. The van der Waals surface area contributed by atoms with Crippen LogP contribution in [0.5, 0.6) is 0 Å². The van der Waals surface area contributed by atoms with E-state index in [1.807, 2.05) is 12.1 Å². The number of rotatable bonds is 3. The van der Waals surface area contributed by atoms with E-state index in [0.717, 1.165) is 53.7 Å². The highest BCUT2D eigenvalue weighted by Gasteiger charge is 2.18. The number of nitrogens with zero attached hydrogens (tertiary/aromatic N) is 3. The number of pyridine rings is 2. The van der Waals surface area contributed by atoms with E-state index < -0.39 is 0 Å². The van der Waals surface area contributed by atoms with E-state index in [9.17, 15) is 4.79 Å². The van der Waals surface area contributed by atoms with Crippen LogP contribution in [0, 0.1) is 5.92 Å². The van der Waals surface area contributed by atoms with Crippen molar-refractivity contribution in [1.82, 2.24) is 24.5 Å². The summed E-state index contributed by atoms with van der Waals surface area (Å²) in [5.74, 6) is 0.441. The second-order valence-electron chi connectivity index (χ2n) is 6.95. The second-order valence-corrected chi connectivity index (χ2v) is 7.35. The Morgan fingerprint density at radius 1 is 1.15 bits per heavy atom. The van der Waals surface area contributed by atoms with E-state index in [1.54, 1.807) is 23.2 Å². The molecular weight excluding hydrogens is 366 g/mol. The molecule has 4 aromatic heterocycles. The number of aromatic amines is 2. The molecule has 0 atom stereocenters. The van der Waals surface area contributed by atoms with Crippen molar-refractivity contribution in [3.05, 3.63) is 46.2 Å². The molecule has 2 N–H and O–H groups in total. The normalized spacial score (nSPS) is 15.7. The van der Waals surface area contributed by atoms with Crippen LogP contribution in [0.4, 0.5) is 0 Å². The second kappa shape index (κ2) is 6.51. The van der Waals surface area contributed by atoms with E-state index in [0.29, 0.717) is 23.1 Å². The largest absolute Gasteiger partial charge is 0.381 e. The van der Waals surface area contributed by atoms with E-state index in [2.05, 4.69) is 19.9 Å². The summed E-state index contributed by atoms with van der Waals surface area (Å²) < 4.78 is 7.21. The molecule has 1 fully saturated rings. The molecule has 138 valence electrons. The smallest absolute Gasteiger partial charge is 0.327 e. The van der Waals surface area contributed by atoms with Crippen LogP contribution < -0.4 is 5.69 Å². The van der Waals surface area contributed by atoms with Crippen molar-refractivity contribution in [2.75, 3.05) is 13.2 Å². The molecule has 0 spiro atoms. The van der Waals surface area contributed by atoms with Gasteiger partial charge in [-0.05, 0) is 30.9 Å². The van der Waals surface area contributed by atoms with Gasteiger partial charge in [0.2, 0.25) is 0 Å². The van der Waals surface area contributed by atoms with Crippen molar-refractivity contribution in [3.63, 3.8) is 0 Å². The molecule has 27 heavy (non-hydrogen) atoms. The molecule has 5 heterocycles. The average Bonchev–Trinajstić information content (AvgIpc) is 3.22. The summed E-state index contributed by atoms with van der Waals surface area (Å²) in [4.78, 5) is 27.2. The summed E-state index contributed by atoms with van der Waals surface area (Å²) >= 11 is 6.22. The first-order chi connectivity index (χ1) is 13.2. The van der Waals surface area contributed by atoms with Crippen molar-refractivity contribution in [2.24, 2.45) is 5.92 Å². The number of fused-ring (bicyclic) bond motifs is 2. The van der Waals surface area contributed by atoms with Crippen LogP contribution in [-0.4, -0.2) is 37.7 Å². The van der Waals surface area contributed by atoms with Gasteiger partial charge in [-0.2, -0.15) is 0 Å². The standard InChI is InChI=1S/C19H18ClN5O2/c20-15-9-23-17-14(15)5-12(7-21-17)13-6-16-18(22-8-13)24-19(26)25(16)10-11-1-3-27-4-2-11/h5-9,11H,1-4,10H2,(H,21,23)(H,22,24,26). The van der Waals surface area contributed by atoms with Gasteiger partial charge < -0.3 is 9.72 Å². The maximum atomic E-state index is 12.4. The lowest BCUT2D eigenvalue weighted by atomic mass is 10.0. The molecule has 0 radical (unpaired) electrons. The van der Waals surface area contributed by atoms with Crippen LogP contribution in [0.1, 0.15) is 12.8 Å². The Labute approximate surface area is 159 Å². The van der Waals surface area contributed by atoms with Gasteiger partial charge in [0, 0.05) is 54.9 Å². The SMILES string of the molecule is O=c1[nH]c2ncc(-c3cnc4[nH]cc(Cl)c4c3)cc2n1CC1CCOCC1. The summed E-state index contributed by atoms with van der Waals surface area (Å²) in [6.45, 7) is 2.19. The molecule has 1 aliphatic heterocycles. The van der Waals surface area contributed by atoms with Gasteiger partial charge in [-0.15, -0.1) is 0 Å². The van der Waals surface area contributed by atoms with Gasteiger partial charge in [0.1, 0.15) is 5.65 Å². The molecule has 5 rings (SSSR count). The Hall–Kier alpha value is -2.64. The number of hydrogen-bond acceptors (Lipinski definition) is 4. The maximum absolute atomic E-state index is 12.4. The summed E-state index contributed by atoms with van der Waals surface area (Å²) in [6.07, 6.45) is 7.20. The van der Waals surface area contributed by atoms with Gasteiger partial charge in [0.25, 0.3) is 0 Å². The molecule has 1 aliphatic rings. The third-order valence-electron chi connectivity index (χ3n) is 5.22. The topological polar surface area (TPSA) is 88.6 Å². The zero-order valence-corrected chi connectivity index (χ0v) is 15.3. The minimum atomic E-state index is -0.122. The molecular formula is C19H18ClN5O2. The van der Waals surface area contributed by atoms with Gasteiger partial charge in [0.15, 0.2) is 5.65 Å². The first-order valence-electron chi connectivity index (χ1n) is 8.98. The monoisotopic (exact) mass is 383 g/mol. The Balaban J connectivity index is 1.58. The zero-order chi connectivity index (χ0) is 18.4. The van der Waals surface area contributed by atoms with Gasteiger partial charge in [-0.25, -0.2) is 14.8 Å². The van der Waals surface area contributed by atoms with Crippen molar-refractivity contribution in [2.45, 2.75) is 19.4 Å². The number of imidazole rings is 1. The third-order valence-corrected chi connectivity index (χ3v) is 5.54. The Morgan fingerprint density at radius 3 is 2.70 bits per heavy atom. The van der Waals surface area contributed by atoms with E-state index in [-0.39, 0.29) is 5.69 Å². The van der Waals surface area contributed by atoms with Gasteiger partial charge in [-0.3, -0.25) is 9.55 Å². The molecule has 7 nitrogen and oxygen atoms in total. The minimum absolute atomic E-state index is 0.122. The molecule has 0 saturated carbocycles. The lowest BCUT2D eigenvalue weighted by Gasteiger charge is -2.22. The molecule has 0 unspecified atom stereocenters. The molecule has 1 saturated heterocycles. The fraction of sp³-hybridized carbons (Fsp3) is 0.316. The zero-order valence-electron chi connectivity index (χ0n) is 14.5. The first-order valence-corrected chi connectivity index (χ1v) is 9.36. The summed E-state index contributed by atoms with van der Waals surface area (Å²) in [6, 6.07) is 3.97. The summed E-state index contributed by atoms with van der Waals surface area (Å²) in [5, 5.41) is 1.49. The summed E-state index contributed by atoms with van der Waals surface area (Å²) in [5.41, 5.74) is 3.84. The molecule has 0 amide bonds. The van der Waals surface area contributed by atoms with Crippen molar-refractivity contribution in [1.29, 1.82) is 0 Å². The van der Waals surface area contributed by atoms with Crippen LogP contribution in [-0.2, 0) is 11.3 Å². The van der Waals surface area contributed by atoms with Gasteiger partial charge >= 0.3 is 5.69 Å². The fourth-order valence-electron chi connectivity index (χ4n) is 3.69. The highest BCUT2D eigenvalue weighted by Crippen LogP contribution is 2.28. The number of nitrogens with one attached hydrogen (secondary N) is 2. The lowest BCUT2D eigenvalue weighted by Crippen LogP contribution is -2.25. The van der Waals surface area contributed by atoms with Crippen molar-refractivity contribution in [3.8, 4) is 11.1 Å². The van der Waals surface area contributed by atoms with Crippen molar-refractivity contribution >= 4 is 33.8 Å². The summed E-state index contributed by atoms with van der Waals surface area (Å²) in [7, 11) is 0. The van der Waals surface area contributed by atoms with E-state index in [4.69, 9.17) is 16.3 Å². The number of aromatic nitrogens is 5. The minimum Gasteiger partial charge on any atom is -0.381 e. The quantitative estimate of drug-likeness (QED) is 0.567. The Bertz CT molecular complexity index is 1190. The highest BCUT2D eigenvalue weighted by atomic mass is 35.5. The highest BCUT2D eigenvalue weighted by molar-refractivity contribution is 6.35. The lowest BCUT2D eigenvalue weighted by molar-refractivity contribution is 0.0613. The van der Waals surface area contributed by atoms with Crippen LogP contribution >= 0.6 is 11.6 Å². The van der Waals surface area contributed by atoms with Crippen LogP contribution in [0.15, 0.2) is 35.5 Å². The fourth-order valence-corrected chi connectivity index (χ4v) is 3.89. The molecule has 8 heteroatoms. The van der Waals surface area contributed by atoms with Gasteiger partial charge in [-0.1, -0.05) is 11.6 Å². The number of ether oxygens (including phenoxy) is 1. The first kappa shape index (κ1) is 16.5. The Kier molecular flexibility index (Phi) is 3.98. The van der Waals surface area contributed by atoms with Crippen LogP contribution in [0.2, 0.25) is 5.02 Å². The molecule has 0 aromatic carbocycles. The predicted molar refractivity (Wildman–Crippen MR) is 104 cm³/mol. The van der Waals surface area contributed by atoms with Crippen LogP contribution in [0.25, 0.3) is 33.3 Å². The van der Waals surface area contributed by atoms with Crippen molar-refractivity contribution < 1.29 is 4.74 Å². The predicted octanol–water partition coefficient (Wildman–Crippen LogP) is 3.35. The van der Waals surface area contributed by atoms with Gasteiger partial charge in [0.05, 0.1) is 10.5 Å². The molecule has 0 bridgehead atoms. The maximum Gasteiger partial charge on any atom is 0.327 e. The third kappa shape index (κ3) is 2.93. The number of H-pyrrole nitrogens is 2. The van der Waals surface area contributed by atoms with Crippen LogP contribution in [0.3, 0.4) is 0 Å². The average molecular weight is 384 g/mol. The van der Waals surface area contributed by atoms with E-state index >= 15 is 0 Å².